The predicted octanol–water partition coefficient (Wildman–Crippen LogP) is 2.85. The first-order valence-electron chi connectivity index (χ1n) is 8.37. The van der Waals surface area contributed by atoms with E-state index in [1.165, 1.54) is 50.6 Å². The summed E-state index contributed by atoms with van der Waals surface area (Å²) in [5, 5.41) is 3.53. The van der Waals surface area contributed by atoms with Gasteiger partial charge >= 0.3 is 0 Å². The number of nitrogens with one attached hydrogen (secondary N) is 1. The maximum atomic E-state index is 4.60. The van der Waals surface area contributed by atoms with Gasteiger partial charge in [-0.1, -0.05) is 19.3 Å². The lowest BCUT2D eigenvalue weighted by molar-refractivity contribution is 0.423. The SMILES string of the molecule is c1ncc2c(c1C1CCCCC1)CC[C@@H]1CNCCN21. The number of piperazine rings is 1. The predicted molar refractivity (Wildman–Crippen MR) is 82.4 cm³/mol. The summed E-state index contributed by atoms with van der Waals surface area (Å²) in [4.78, 5) is 7.22. The van der Waals surface area contributed by atoms with E-state index in [0.29, 0.717) is 6.04 Å². The first-order chi connectivity index (χ1) is 9.93. The van der Waals surface area contributed by atoms with Gasteiger partial charge in [0.1, 0.15) is 0 Å². The summed E-state index contributed by atoms with van der Waals surface area (Å²) in [6.07, 6.45) is 13.9. The second kappa shape index (κ2) is 5.36. The average Bonchev–Trinajstić information content (AvgIpc) is 2.55. The van der Waals surface area contributed by atoms with Crippen LogP contribution < -0.4 is 10.2 Å². The molecule has 3 heterocycles. The van der Waals surface area contributed by atoms with Gasteiger partial charge in [-0.2, -0.15) is 0 Å². The molecule has 1 aromatic rings. The van der Waals surface area contributed by atoms with Crippen LogP contribution in [0.2, 0.25) is 0 Å². The van der Waals surface area contributed by atoms with Crippen molar-refractivity contribution < 1.29 is 0 Å². The molecule has 0 amide bonds. The van der Waals surface area contributed by atoms with Crippen molar-refractivity contribution in [2.45, 2.75) is 56.9 Å². The molecule has 3 heteroatoms. The Balaban J connectivity index is 1.69. The Morgan fingerprint density at radius 3 is 2.90 bits per heavy atom. The van der Waals surface area contributed by atoms with Crippen molar-refractivity contribution >= 4 is 5.69 Å². The molecule has 20 heavy (non-hydrogen) atoms. The number of nitrogens with zero attached hydrogens (tertiary/aromatic N) is 2. The third-order valence-corrected chi connectivity index (χ3v) is 5.50. The van der Waals surface area contributed by atoms with Crippen LogP contribution in [0.25, 0.3) is 0 Å². The summed E-state index contributed by atoms with van der Waals surface area (Å²) in [5.74, 6) is 0.783. The quantitative estimate of drug-likeness (QED) is 0.851. The van der Waals surface area contributed by atoms with Crippen LogP contribution in [-0.4, -0.2) is 30.7 Å². The second-order valence-electron chi connectivity index (χ2n) is 6.65. The van der Waals surface area contributed by atoms with Crippen molar-refractivity contribution in [3.05, 3.63) is 23.5 Å². The molecule has 4 rings (SSSR count). The Labute approximate surface area is 121 Å². The van der Waals surface area contributed by atoms with E-state index in [2.05, 4.69) is 27.6 Å². The summed E-state index contributed by atoms with van der Waals surface area (Å²) in [7, 11) is 0. The minimum absolute atomic E-state index is 0.694. The molecule has 0 spiro atoms. The van der Waals surface area contributed by atoms with Crippen molar-refractivity contribution in [3.8, 4) is 0 Å². The van der Waals surface area contributed by atoms with Crippen LogP contribution in [0.5, 0.6) is 0 Å². The van der Waals surface area contributed by atoms with Gasteiger partial charge in [-0.15, -0.1) is 0 Å². The van der Waals surface area contributed by atoms with Crippen molar-refractivity contribution in [2.24, 2.45) is 0 Å². The molecule has 1 saturated carbocycles. The molecule has 2 aliphatic heterocycles. The molecule has 3 aliphatic rings. The lowest BCUT2D eigenvalue weighted by Crippen LogP contribution is -2.53. The van der Waals surface area contributed by atoms with Crippen LogP contribution in [0.1, 0.15) is 55.6 Å². The number of hydrogen-bond donors (Lipinski definition) is 1. The number of hydrogen-bond acceptors (Lipinski definition) is 3. The van der Waals surface area contributed by atoms with E-state index in [0.717, 1.165) is 25.6 Å². The summed E-state index contributed by atoms with van der Waals surface area (Å²) in [6, 6.07) is 0.694. The molecule has 1 aliphatic carbocycles. The maximum absolute atomic E-state index is 4.60. The van der Waals surface area contributed by atoms with Gasteiger partial charge in [-0.05, 0) is 42.7 Å². The van der Waals surface area contributed by atoms with Gasteiger partial charge in [-0.25, -0.2) is 0 Å². The molecule has 1 atom stereocenters. The smallest absolute Gasteiger partial charge is 0.0591 e. The Morgan fingerprint density at radius 1 is 1.10 bits per heavy atom. The van der Waals surface area contributed by atoms with Crippen molar-refractivity contribution in [1.82, 2.24) is 10.3 Å². The first kappa shape index (κ1) is 12.6. The van der Waals surface area contributed by atoms with E-state index in [1.54, 1.807) is 11.1 Å². The fourth-order valence-corrected chi connectivity index (χ4v) is 4.42. The summed E-state index contributed by atoms with van der Waals surface area (Å²) >= 11 is 0. The van der Waals surface area contributed by atoms with Gasteiger partial charge < -0.3 is 10.2 Å². The zero-order chi connectivity index (χ0) is 13.4. The van der Waals surface area contributed by atoms with Crippen molar-refractivity contribution in [3.63, 3.8) is 0 Å². The Hall–Kier alpha value is -1.09. The summed E-state index contributed by atoms with van der Waals surface area (Å²) in [5.41, 5.74) is 4.66. The van der Waals surface area contributed by atoms with Crippen molar-refractivity contribution in [2.75, 3.05) is 24.5 Å². The number of fused-ring (bicyclic) bond motifs is 3. The molecule has 3 nitrogen and oxygen atoms in total. The Kier molecular flexibility index (Phi) is 3.39. The third kappa shape index (κ3) is 2.12. The standard InChI is InChI=1S/C17H25N3/c1-2-4-13(5-3-1)16-11-19-12-17-15(16)7-6-14-10-18-8-9-20(14)17/h11-14,18H,1-10H2/t14-/m1/s1. The highest BCUT2D eigenvalue weighted by atomic mass is 15.2. The topological polar surface area (TPSA) is 28.2 Å². The normalized spacial score (nSPS) is 27.0. The molecule has 0 radical (unpaired) electrons. The molecular weight excluding hydrogens is 246 g/mol. The van der Waals surface area contributed by atoms with Gasteiger partial charge in [0.2, 0.25) is 0 Å². The van der Waals surface area contributed by atoms with E-state index in [4.69, 9.17) is 0 Å². The molecule has 1 N–H and O–H groups in total. The molecule has 1 aromatic heterocycles. The zero-order valence-electron chi connectivity index (χ0n) is 12.3. The number of anilines is 1. The fraction of sp³-hybridized carbons (Fsp3) is 0.706. The van der Waals surface area contributed by atoms with Crippen LogP contribution in [0.4, 0.5) is 5.69 Å². The zero-order valence-corrected chi connectivity index (χ0v) is 12.3. The number of pyridine rings is 1. The minimum atomic E-state index is 0.694. The number of rotatable bonds is 1. The van der Waals surface area contributed by atoms with Gasteiger partial charge in [0.05, 0.1) is 11.9 Å². The molecule has 0 unspecified atom stereocenters. The molecule has 0 bridgehead atoms. The van der Waals surface area contributed by atoms with E-state index in [9.17, 15) is 0 Å². The van der Waals surface area contributed by atoms with E-state index in [-0.39, 0.29) is 0 Å². The third-order valence-electron chi connectivity index (χ3n) is 5.50. The van der Waals surface area contributed by atoms with Crippen LogP contribution in [-0.2, 0) is 6.42 Å². The van der Waals surface area contributed by atoms with Crippen LogP contribution in [0.3, 0.4) is 0 Å². The summed E-state index contributed by atoms with van der Waals surface area (Å²) < 4.78 is 0. The van der Waals surface area contributed by atoms with E-state index in [1.807, 2.05) is 0 Å². The second-order valence-corrected chi connectivity index (χ2v) is 6.65. The molecule has 108 valence electrons. The Bertz CT molecular complexity index is 465. The highest BCUT2D eigenvalue weighted by molar-refractivity contribution is 5.59. The van der Waals surface area contributed by atoms with Gasteiger partial charge in [0, 0.05) is 31.9 Å². The van der Waals surface area contributed by atoms with Gasteiger partial charge in [0.15, 0.2) is 0 Å². The molecular formula is C17H25N3. The lowest BCUT2D eigenvalue weighted by Gasteiger charge is -2.43. The monoisotopic (exact) mass is 271 g/mol. The maximum Gasteiger partial charge on any atom is 0.0591 e. The van der Waals surface area contributed by atoms with Crippen LogP contribution in [0, 0.1) is 0 Å². The van der Waals surface area contributed by atoms with Crippen LogP contribution >= 0.6 is 0 Å². The van der Waals surface area contributed by atoms with E-state index < -0.39 is 0 Å². The summed E-state index contributed by atoms with van der Waals surface area (Å²) in [6.45, 7) is 3.41. The van der Waals surface area contributed by atoms with Gasteiger partial charge in [0.25, 0.3) is 0 Å². The van der Waals surface area contributed by atoms with Crippen molar-refractivity contribution in [1.29, 1.82) is 0 Å². The number of aromatic nitrogens is 1. The lowest BCUT2D eigenvalue weighted by atomic mass is 9.80. The molecule has 1 saturated heterocycles. The van der Waals surface area contributed by atoms with E-state index >= 15 is 0 Å². The molecule has 2 fully saturated rings. The first-order valence-corrected chi connectivity index (χ1v) is 8.37. The average molecular weight is 271 g/mol. The molecule has 0 aromatic carbocycles. The van der Waals surface area contributed by atoms with Crippen LogP contribution in [0.15, 0.2) is 12.4 Å². The highest BCUT2D eigenvalue weighted by Crippen LogP contribution is 2.40. The fourth-order valence-electron chi connectivity index (χ4n) is 4.42. The minimum Gasteiger partial charge on any atom is -0.365 e. The highest BCUT2D eigenvalue weighted by Gasteiger charge is 2.31. The largest absolute Gasteiger partial charge is 0.365 e. The Morgan fingerprint density at radius 2 is 2.00 bits per heavy atom. The van der Waals surface area contributed by atoms with Gasteiger partial charge in [-0.3, -0.25) is 4.98 Å².